The van der Waals surface area contributed by atoms with Crippen LogP contribution in [0.2, 0.25) is 0 Å². The standard InChI is InChI=1S/C14H16Br2N2O2S/c1-7-5-14(6-7,12(17)21)13(19)18-10-4-11(20-2)9(16)3-8(10)15/h3-4,7H,5-6H2,1-2H3,(H2,17,21)(H,18,19). The molecule has 0 atom stereocenters. The van der Waals surface area contributed by atoms with Gasteiger partial charge in [0.15, 0.2) is 0 Å². The predicted octanol–water partition coefficient (Wildman–Crippen LogP) is 3.86. The maximum atomic E-state index is 12.6. The SMILES string of the molecule is COc1cc(NC(=O)C2(C(N)=S)CC(C)C2)c(Br)cc1Br. The number of hydrogen-bond donors (Lipinski definition) is 2. The van der Waals surface area contributed by atoms with E-state index in [9.17, 15) is 4.79 Å². The smallest absolute Gasteiger partial charge is 0.237 e. The lowest BCUT2D eigenvalue weighted by Crippen LogP contribution is -2.53. The van der Waals surface area contributed by atoms with E-state index in [0.717, 1.165) is 8.95 Å². The average molecular weight is 436 g/mol. The van der Waals surface area contributed by atoms with Gasteiger partial charge in [-0.25, -0.2) is 0 Å². The Bertz CT molecular complexity index is 601. The molecule has 0 aromatic heterocycles. The molecular weight excluding hydrogens is 420 g/mol. The molecule has 0 aliphatic heterocycles. The molecule has 7 heteroatoms. The zero-order valence-corrected chi connectivity index (χ0v) is 15.7. The van der Waals surface area contributed by atoms with E-state index >= 15 is 0 Å². The van der Waals surface area contributed by atoms with Crippen molar-refractivity contribution in [1.29, 1.82) is 0 Å². The van der Waals surface area contributed by atoms with Gasteiger partial charge in [0.05, 0.1) is 27.7 Å². The van der Waals surface area contributed by atoms with Crippen LogP contribution in [0.3, 0.4) is 0 Å². The molecular formula is C14H16Br2N2O2S. The van der Waals surface area contributed by atoms with Crippen molar-refractivity contribution >= 4 is 60.7 Å². The summed E-state index contributed by atoms with van der Waals surface area (Å²) in [5.41, 5.74) is 5.70. The summed E-state index contributed by atoms with van der Waals surface area (Å²) >= 11 is 11.9. The molecule has 0 spiro atoms. The molecule has 0 unspecified atom stereocenters. The van der Waals surface area contributed by atoms with Gasteiger partial charge in [-0.15, -0.1) is 0 Å². The first kappa shape index (κ1) is 16.7. The highest BCUT2D eigenvalue weighted by molar-refractivity contribution is 9.11. The molecule has 1 amide bonds. The van der Waals surface area contributed by atoms with E-state index in [1.54, 1.807) is 13.2 Å². The Kier molecular flexibility index (Phi) is 4.95. The molecule has 1 aliphatic carbocycles. The summed E-state index contributed by atoms with van der Waals surface area (Å²) in [5, 5.41) is 2.90. The van der Waals surface area contributed by atoms with Crippen LogP contribution in [0.4, 0.5) is 5.69 Å². The van der Waals surface area contributed by atoms with Crippen molar-refractivity contribution in [2.45, 2.75) is 19.8 Å². The van der Waals surface area contributed by atoms with Crippen molar-refractivity contribution in [2.24, 2.45) is 17.1 Å². The second-order valence-corrected chi connectivity index (χ2v) is 7.53. The number of hydrogen-bond acceptors (Lipinski definition) is 3. The minimum atomic E-state index is -0.728. The number of anilines is 1. The monoisotopic (exact) mass is 434 g/mol. The molecule has 1 aromatic rings. The quantitative estimate of drug-likeness (QED) is 0.704. The van der Waals surface area contributed by atoms with Crippen LogP contribution in [-0.4, -0.2) is 18.0 Å². The number of amides is 1. The van der Waals surface area contributed by atoms with E-state index < -0.39 is 5.41 Å². The molecule has 1 fully saturated rings. The van der Waals surface area contributed by atoms with Crippen molar-refractivity contribution in [1.82, 2.24) is 0 Å². The van der Waals surface area contributed by atoms with Crippen molar-refractivity contribution in [3.8, 4) is 5.75 Å². The lowest BCUT2D eigenvalue weighted by atomic mass is 9.62. The van der Waals surface area contributed by atoms with Gasteiger partial charge in [0.25, 0.3) is 0 Å². The normalized spacial score (nSPS) is 24.1. The van der Waals surface area contributed by atoms with Crippen molar-refractivity contribution in [3.63, 3.8) is 0 Å². The number of carbonyl (C=O) groups is 1. The third-order valence-electron chi connectivity index (χ3n) is 3.79. The van der Waals surface area contributed by atoms with Gasteiger partial charge >= 0.3 is 0 Å². The highest BCUT2D eigenvalue weighted by atomic mass is 79.9. The summed E-state index contributed by atoms with van der Waals surface area (Å²) < 4.78 is 6.80. The molecule has 0 saturated heterocycles. The molecule has 1 saturated carbocycles. The van der Waals surface area contributed by atoms with E-state index in [1.165, 1.54) is 0 Å². The van der Waals surface area contributed by atoms with Crippen molar-refractivity contribution < 1.29 is 9.53 Å². The van der Waals surface area contributed by atoms with Crippen molar-refractivity contribution in [3.05, 3.63) is 21.1 Å². The van der Waals surface area contributed by atoms with Crippen molar-refractivity contribution in [2.75, 3.05) is 12.4 Å². The topological polar surface area (TPSA) is 64.3 Å². The number of carbonyl (C=O) groups excluding carboxylic acids is 1. The van der Waals surface area contributed by atoms with Crippen LogP contribution in [-0.2, 0) is 4.79 Å². The Labute approximate surface area is 146 Å². The highest BCUT2D eigenvalue weighted by Gasteiger charge is 2.50. The summed E-state index contributed by atoms with van der Waals surface area (Å²) in [6.45, 7) is 2.09. The van der Waals surface area contributed by atoms with E-state index in [2.05, 4.69) is 44.1 Å². The summed E-state index contributed by atoms with van der Waals surface area (Å²) in [6.07, 6.45) is 1.39. The van der Waals surface area contributed by atoms with Gasteiger partial charge < -0.3 is 15.8 Å². The van der Waals surface area contributed by atoms with Gasteiger partial charge in [-0.3, -0.25) is 4.79 Å². The van der Waals surface area contributed by atoms with Gasteiger partial charge in [-0.2, -0.15) is 0 Å². The fourth-order valence-corrected chi connectivity index (χ4v) is 4.17. The number of thiocarbonyl (C=S) groups is 1. The van der Waals surface area contributed by atoms with E-state index in [4.69, 9.17) is 22.7 Å². The Balaban J connectivity index is 2.25. The molecule has 4 nitrogen and oxygen atoms in total. The summed E-state index contributed by atoms with van der Waals surface area (Å²) in [4.78, 5) is 12.9. The number of benzene rings is 1. The van der Waals surface area contributed by atoms with E-state index in [-0.39, 0.29) is 10.9 Å². The Morgan fingerprint density at radius 2 is 2.05 bits per heavy atom. The molecule has 3 N–H and O–H groups in total. The summed E-state index contributed by atoms with van der Waals surface area (Å²) in [6, 6.07) is 3.58. The lowest BCUT2D eigenvalue weighted by Gasteiger charge is -2.44. The fraction of sp³-hybridized carbons (Fsp3) is 0.429. The molecule has 1 aliphatic rings. The van der Waals surface area contributed by atoms with Crippen LogP contribution in [0.1, 0.15) is 19.8 Å². The third-order valence-corrected chi connectivity index (χ3v) is 5.46. The largest absolute Gasteiger partial charge is 0.495 e. The van der Waals surface area contributed by atoms with Crippen LogP contribution in [0, 0.1) is 11.3 Å². The minimum Gasteiger partial charge on any atom is -0.495 e. The molecule has 114 valence electrons. The maximum absolute atomic E-state index is 12.6. The van der Waals surface area contributed by atoms with Crippen LogP contribution < -0.4 is 15.8 Å². The zero-order chi connectivity index (χ0) is 15.8. The minimum absolute atomic E-state index is 0.154. The van der Waals surface area contributed by atoms with Crippen LogP contribution >= 0.6 is 44.1 Å². The molecule has 21 heavy (non-hydrogen) atoms. The molecule has 0 bridgehead atoms. The number of nitrogens with one attached hydrogen (secondary N) is 1. The van der Waals surface area contributed by atoms with Crippen LogP contribution in [0.5, 0.6) is 5.75 Å². The van der Waals surface area contributed by atoms with Crippen LogP contribution in [0.15, 0.2) is 21.1 Å². The first-order chi connectivity index (χ1) is 9.80. The Morgan fingerprint density at radius 1 is 1.43 bits per heavy atom. The summed E-state index contributed by atoms with van der Waals surface area (Å²) in [7, 11) is 1.57. The van der Waals surface area contributed by atoms with Gasteiger partial charge in [0.1, 0.15) is 5.75 Å². The number of methoxy groups -OCH3 is 1. The number of nitrogens with two attached hydrogens (primary N) is 1. The number of ether oxygens (including phenoxy) is 1. The second kappa shape index (κ2) is 6.22. The predicted molar refractivity (Wildman–Crippen MR) is 94.6 cm³/mol. The molecule has 2 rings (SSSR count). The van der Waals surface area contributed by atoms with Gasteiger partial charge in [0, 0.05) is 10.5 Å². The Hall–Kier alpha value is -0.660. The van der Waals surface area contributed by atoms with Gasteiger partial charge in [-0.05, 0) is 56.7 Å². The van der Waals surface area contributed by atoms with Crippen LogP contribution in [0.25, 0.3) is 0 Å². The van der Waals surface area contributed by atoms with E-state index in [0.29, 0.717) is 30.2 Å². The molecule has 0 heterocycles. The number of halogens is 2. The maximum Gasteiger partial charge on any atom is 0.237 e. The first-order valence-corrected chi connectivity index (χ1v) is 8.44. The first-order valence-electron chi connectivity index (χ1n) is 6.44. The molecule has 0 radical (unpaired) electrons. The average Bonchev–Trinajstić information content (AvgIpc) is 2.37. The van der Waals surface area contributed by atoms with E-state index in [1.807, 2.05) is 6.07 Å². The molecule has 1 aromatic carbocycles. The number of rotatable bonds is 4. The van der Waals surface area contributed by atoms with Gasteiger partial charge in [-0.1, -0.05) is 19.1 Å². The Morgan fingerprint density at radius 3 is 2.52 bits per heavy atom. The fourth-order valence-electron chi connectivity index (χ4n) is 2.65. The van der Waals surface area contributed by atoms with Gasteiger partial charge in [0.2, 0.25) is 5.91 Å². The highest BCUT2D eigenvalue weighted by Crippen LogP contribution is 2.47. The zero-order valence-electron chi connectivity index (χ0n) is 11.7. The lowest BCUT2D eigenvalue weighted by molar-refractivity contribution is -0.127. The third kappa shape index (κ3) is 3.10. The summed E-state index contributed by atoms with van der Waals surface area (Å²) in [5.74, 6) is 0.943. The second-order valence-electron chi connectivity index (χ2n) is 5.38.